The molecule has 0 aromatic heterocycles. The zero-order valence-corrected chi connectivity index (χ0v) is 13.3. The normalized spacial score (nSPS) is 10.0. The van der Waals surface area contributed by atoms with E-state index < -0.39 is 0 Å². The van der Waals surface area contributed by atoms with Crippen molar-refractivity contribution >= 4 is 29.0 Å². The van der Waals surface area contributed by atoms with Crippen LogP contribution in [0.1, 0.15) is 0 Å². The molecule has 0 spiro atoms. The zero-order valence-electron chi connectivity index (χ0n) is 12.6. The number of nitrogens with zero attached hydrogens (tertiary/aromatic N) is 1. The average molecular weight is 321 g/mol. The van der Waals surface area contributed by atoms with Crippen molar-refractivity contribution in [3.8, 4) is 11.5 Å². The van der Waals surface area contributed by atoms with E-state index in [1.807, 2.05) is 0 Å². The molecule has 0 unspecified atom stereocenters. The van der Waals surface area contributed by atoms with Crippen molar-refractivity contribution in [3.63, 3.8) is 0 Å². The van der Waals surface area contributed by atoms with Gasteiger partial charge in [-0.25, -0.2) is 4.79 Å². The van der Waals surface area contributed by atoms with Crippen molar-refractivity contribution in [2.45, 2.75) is 0 Å². The van der Waals surface area contributed by atoms with Crippen LogP contribution in [0.2, 0.25) is 5.02 Å². The van der Waals surface area contributed by atoms with Gasteiger partial charge in [0.1, 0.15) is 0 Å². The first kappa shape index (κ1) is 16.0. The molecule has 0 fully saturated rings. The molecule has 2 amide bonds. The lowest BCUT2D eigenvalue weighted by Crippen LogP contribution is -2.31. The SMILES string of the molecule is COc1ccc(N(C)C(=O)Nc2cccc(Cl)c2)cc1OC. The molecule has 0 radical (unpaired) electrons. The molecule has 0 aliphatic rings. The van der Waals surface area contributed by atoms with E-state index in [1.165, 1.54) is 4.90 Å². The first-order chi connectivity index (χ1) is 10.5. The van der Waals surface area contributed by atoms with Crippen molar-refractivity contribution in [1.82, 2.24) is 0 Å². The number of ether oxygens (including phenoxy) is 2. The molecule has 2 aromatic carbocycles. The van der Waals surface area contributed by atoms with Crippen LogP contribution in [-0.2, 0) is 0 Å². The maximum Gasteiger partial charge on any atom is 0.326 e. The number of methoxy groups -OCH3 is 2. The standard InChI is InChI=1S/C16H17ClN2O3/c1-19(13-7-8-14(21-2)15(10-13)22-3)16(20)18-12-6-4-5-11(17)9-12/h4-10H,1-3H3,(H,18,20). The number of amides is 2. The summed E-state index contributed by atoms with van der Waals surface area (Å²) in [7, 11) is 4.78. The van der Waals surface area contributed by atoms with Crippen LogP contribution in [0.5, 0.6) is 11.5 Å². The second-order valence-electron chi connectivity index (χ2n) is 4.54. The molecule has 22 heavy (non-hydrogen) atoms. The summed E-state index contributed by atoms with van der Waals surface area (Å²) in [5.74, 6) is 1.16. The van der Waals surface area contributed by atoms with Gasteiger partial charge >= 0.3 is 6.03 Å². The molecule has 0 bridgehead atoms. The summed E-state index contributed by atoms with van der Waals surface area (Å²) in [5.41, 5.74) is 1.31. The minimum Gasteiger partial charge on any atom is -0.493 e. The predicted octanol–water partition coefficient (Wildman–Crippen LogP) is 4.03. The zero-order chi connectivity index (χ0) is 16.1. The number of hydrogen-bond donors (Lipinski definition) is 1. The number of carbonyl (C=O) groups excluding carboxylic acids is 1. The molecular formula is C16H17ClN2O3. The molecule has 116 valence electrons. The maximum absolute atomic E-state index is 12.3. The fourth-order valence-electron chi connectivity index (χ4n) is 1.92. The van der Waals surface area contributed by atoms with E-state index in [0.717, 1.165) is 0 Å². The highest BCUT2D eigenvalue weighted by Gasteiger charge is 2.14. The van der Waals surface area contributed by atoms with Crippen LogP contribution < -0.4 is 19.7 Å². The summed E-state index contributed by atoms with van der Waals surface area (Å²) in [4.78, 5) is 13.8. The van der Waals surface area contributed by atoms with E-state index in [-0.39, 0.29) is 6.03 Å². The van der Waals surface area contributed by atoms with Gasteiger partial charge in [-0.3, -0.25) is 4.90 Å². The molecule has 0 aliphatic carbocycles. The van der Waals surface area contributed by atoms with Gasteiger partial charge in [0.2, 0.25) is 0 Å². The molecule has 0 heterocycles. The first-order valence-electron chi connectivity index (χ1n) is 6.57. The molecule has 5 nitrogen and oxygen atoms in total. The quantitative estimate of drug-likeness (QED) is 0.925. The lowest BCUT2D eigenvalue weighted by atomic mass is 10.2. The van der Waals surface area contributed by atoms with Crippen LogP contribution in [0.25, 0.3) is 0 Å². The molecular weight excluding hydrogens is 304 g/mol. The lowest BCUT2D eigenvalue weighted by Gasteiger charge is -2.19. The van der Waals surface area contributed by atoms with Gasteiger partial charge in [0.25, 0.3) is 0 Å². The molecule has 0 saturated carbocycles. The van der Waals surface area contributed by atoms with Gasteiger partial charge in [0.15, 0.2) is 11.5 Å². The smallest absolute Gasteiger partial charge is 0.326 e. The highest BCUT2D eigenvalue weighted by Crippen LogP contribution is 2.31. The Labute approximate surface area is 134 Å². The minimum absolute atomic E-state index is 0.283. The van der Waals surface area contributed by atoms with Gasteiger partial charge in [0.05, 0.1) is 14.2 Å². The number of rotatable bonds is 4. The third-order valence-electron chi connectivity index (χ3n) is 3.13. The van der Waals surface area contributed by atoms with Crippen LogP contribution in [0, 0.1) is 0 Å². The molecule has 0 atom stereocenters. The summed E-state index contributed by atoms with van der Waals surface area (Å²) < 4.78 is 10.4. The molecule has 1 N–H and O–H groups in total. The summed E-state index contributed by atoms with van der Waals surface area (Å²) in [6, 6.07) is 11.9. The van der Waals surface area contributed by atoms with Crippen LogP contribution >= 0.6 is 11.6 Å². The van der Waals surface area contributed by atoms with Gasteiger partial charge in [-0.1, -0.05) is 17.7 Å². The Morgan fingerprint density at radius 3 is 2.45 bits per heavy atom. The number of nitrogens with one attached hydrogen (secondary N) is 1. The van der Waals surface area contributed by atoms with Crippen LogP contribution in [0.4, 0.5) is 16.2 Å². The monoisotopic (exact) mass is 320 g/mol. The van der Waals surface area contributed by atoms with E-state index in [1.54, 1.807) is 63.7 Å². The number of carbonyl (C=O) groups is 1. The molecule has 6 heteroatoms. The van der Waals surface area contributed by atoms with E-state index >= 15 is 0 Å². The van der Waals surface area contributed by atoms with E-state index in [4.69, 9.17) is 21.1 Å². The van der Waals surface area contributed by atoms with E-state index in [2.05, 4.69) is 5.32 Å². The Morgan fingerprint density at radius 1 is 1.09 bits per heavy atom. The second-order valence-corrected chi connectivity index (χ2v) is 4.98. The van der Waals surface area contributed by atoms with Crippen molar-refractivity contribution in [2.24, 2.45) is 0 Å². The number of urea groups is 1. The van der Waals surface area contributed by atoms with Crippen LogP contribution in [-0.4, -0.2) is 27.3 Å². The average Bonchev–Trinajstić information content (AvgIpc) is 2.53. The second kappa shape index (κ2) is 7.04. The first-order valence-corrected chi connectivity index (χ1v) is 6.95. The van der Waals surface area contributed by atoms with Crippen LogP contribution in [0.15, 0.2) is 42.5 Å². The Bertz CT molecular complexity index is 676. The van der Waals surface area contributed by atoms with Crippen molar-refractivity contribution < 1.29 is 14.3 Å². The summed E-state index contributed by atoms with van der Waals surface area (Å²) >= 11 is 5.90. The van der Waals surface area contributed by atoms with E-state index in [0.29, 0.717) is 27.9 Å². The minimum atomic E-state index is -0.283. The molecule has 0 aliphatic heterocycles. The van der Waals surface area contributed by atoms with Gasteiger partial charge < -0.3 is 14.8 Å². The summed E-state index contributed by atoms with van der Waals surface area (Å²) in [6.45, 7) is 0. The third kappa shape index (κ3) is 3.62. The van der Waals surface area contributed by atoms with Crippen molar-refractivity contribution in [1.29, 1.82) is 0 Å². The summed E-state index contributed by atoms with van der Waals surface area (Å²) in [6.07, 6.45) is 0. The largest absolute Gasteiger partial charge is 0.493 e. The highest BCUT2D eigenvalue weighted by atomic mass is 35.5. The third-order valence-corrected chi connectivity index (χ3v) is 3.37. The lowest BCUT2D eigenvalue weighted by molar-refractivity contribution is 0.258. The van der Waals surface area contributed by atoms with Gasteiger partial charge in [0, 0.05) is 29.5 Å². The van der Waals surface area contributed by atoms with Crippen molar-refractivity contribution in [2.75, 3.05) is 31.5 Å². The Balaban J connectivity index is 2.16. The highest BCUT2D eigenvalue weighted by molar-refractivity contribution is 6.30. The Kier molecular flexibility index (Phi) is 5.12. The van der Waals surface area contributed by atoms with Gasteiger partial charge in [-0.2, -0.15) is 0 Å². The van der Waals surface area contributed by atoms with Crippen molar-refractivity contribution in [3.05, 3.63) is 47.5 Å². The van der Waals surface area contributed by atoms with E-state index in [9.17, 15) is 4.79 Å². The van der Waals surface area contributed by atoms with Crippen LogP contribution in [0.3, 0.4) is 0 Å². The maximum atomic E-state index is 12.3. The van der Waals surface area contributed by atoms with Gasteiger partial charge in [-0.05, 0) is 30.3 Å². The summed E-state index contributed by atoms with van der Waals surface area (Å²) in [5, 5.41) is 3.34. The fourth-order valence-corrected chi connectivity index (χ4v) is 2.11. The number of hydrogen-bond acceptors (Lipinski definition) is 3. The number of anilines is 2. The molecule has 2 aromatic rings. The number of halogens is 1. The topological polar surface area (TPSA) is 50.8 Å². The Hall–Kier alpha value is -2.40. The molecule has 0 saturated heterocycles. The molecule has 2 rings (SSSR count). The predicted molar refractivity (Wildman–Crippen MR) is 88.4 cm³/mol. The Morgan fingerprint density at radius 2 is 1.82 bits per heavy atom. The number of benzene rings is 2. The fraction of sp³-hybridized carbons (Fsp3) is 0.188. The van der Waals surface area contributed by atoms with Gasteiger partial charge in [-0.15, -0.1) is 0 Å².